The van der Waals surface area contributed by atoms with Gasteiger partial charge in [0, 0.05) is 99.5 Å². The second-order valence-electron chi connectivity index (χ2n) is 18.3. The highest BCUT2D eigenvalue weighted by atomic mass is 19.1. The molecule has 6 aromatic rings. The quantitative estimate of drug-likeness (QED) is 0.136. The summed E-state index contributed by atoms with van der Waals surface area (Å²) in [7, 11) is 3.13. The second-order valence-corrected chi connectivity index (χ2v) is 18.3. The van der Waals surface area contributed by atoms with Crippen molar-refractivity contribution < 1.29 is 28.6 Å². The van der Waals surface area contributed by atoms with Gasteiger partial charge in [0.1, 0.15) is 46.3 Å². The number of anilines is 3. The molecule has 0 bridgehead atoms. The molecule has 1 atom stereocenters. The Balaban J connectivity index is 0.759. The lowest BCUT2D eigenvalue weighted by molar-refractivity contribution is -0.133. The highest BCUT2D eigenvalue weighted by Gasteiger charge is 2.35. The minimum Gasteiger partial charge on any atom is -0.495 e. The number of carbonyl (C=O) groups is 2. The number of rotatable bonds is 12. The molecule has 19 heteroatoms. The molecule has 1 aromatic carbocycles. The zero-order valence-corrected chi connectivity index (χ0v) is 38.1. The van der Waals surface area contributed by atoms with Gasteiger partial charge in [-0.15, -0.1) is 0 Å². The third kappa shape index (κ3) is 9.13. The third-order valence-corrected chi connectivity index (χ3v) is 14.1. The van der Waals surface area contributed by atoms with Crippen LogP contribution in [0.2, 0.25) is 0 Å². The number of halogens is 1. The first-order chi connectivity index (χ1) is 33.1. The number of hydrogen-bond acceptors (Lipinski definition) is 15. The summed E-state index contributed by atoms with van der Waals surface area (Å²) in [6, 6.07) is 13.0. The minimum absolute atomic E-state index is 0.218. The van der Waals surface area contributed by atoms with Gasteiger partial charge in [-0.25, -0.2) is 18.9 Å². The second kappa shape index (κ2) is 18.8. The molecule has 3 saturated heterocycles. The van der Waals surface area contributed by atoms with E-state index < -0.39 is 23.4 Å². The van der Waals surface area contributed by atoms with Crippen LogP contribution in [0.1, 0.15) is 68.7 Å². The summed E-state index contributed by atoms with van der Waals surface area (Å²) in [5.74, 6) is 0.795. The lowest BCUT2D eigenvalue weighted by Gasteiger charge is -2.42. The average Bonchev–Trinajstić information content (AvgIpc) is 4.04. The van der Waals surface area contributed by atoms with Crippen LogP contribution in [0.4, 0.5) is 21.6 Å². The molecule has 68 heavy (non-hydrogen) atoms. The van der Waals surface area contributed by atoms with Crippen molar-refractivity contribution in [2.24, 2.45) is 0 Å². The number of carbonyl (C=O) groups excluding carboxylic acids is 2. The Morgan fingerprint density at radius 1 is 0.868 bits per heavy atom. The third-order valence-electron chi connectivity index (χ3n) is 14.1. The summed E-state index contributed by atoms with van der Waals surface area (Å²) in [5, 5.41) is 36.1. The first kappa shape index (κ1) is 44.7. The number of amides is 2. The highest BCUT2D eigenvalue weighted by molar-refractivity contribution is 6.01. The molecule has 8 heterocycles. The first-order valence-electron chi connectivity index (χ1n) is 23.3. The Kier molecular flexibility index (Phi) is 12.4. The van der Waals surface area contributed by atoms with Crippen LogP contribution in [0.25, 0.3) is 28.0 Å². The van der Waals surface area contributed by atoms with Gasteiger partial charge >= 0.3 is 0 Å². The topological polar surface area (TPSA) is 204 Å². The number of aliphatic hydroxyl groups is 1. The number of nitrogens with zero attached hydrogens (tertiary/aromatic N) is 11. The average molecular weight is 924 g/mol. The van der Waals surface area contributed by atoms with Crippen LogP contribution < -0.4 is 29.9 Å². The number of piperidine rings is 2. The van der Waals surface area contributed by atoms with Crippen molar-refractivity contribution in [2.75, 3.05) is 68.6 Å². The van der Waals surface area contributed by atoms with E-state index in [0.29, 0.717) is 103 Å². The zero-order chi connectivity index (χ0) is 46.9. The van der Waals surface area contributed by atoms with Crippen molar-refractivity contribution >= 4 is 34.5 Å². The molecule has 4 aliphatic rings. The summed E-state index contributed by atoms with van der Waals surface area (Å²) in [6.07, 6.45) is 16.9. The number of piperazine rings is 1. The van der Waals surface area contributed by atoms with E-state index in [1.54, 1.807) is 36.3 Å². The van der Waals surface area contributed by atoms with Crippen LogP contribution in [0.3, 0.4) is 0 Å². The number of nitrogens with one attached hydrogen (secondary N) is 2. The number of imide groups is 1. The van der Waals surface area contributed by atoms with Crippen LogP contribution in [0.5, 0.6) is 11.5 Å². The van der Waals surface area contributed by atoms with Crippen LogP contribution >= 0.6 is 0 Å². The van der Waals surface area contributed by atoms with E-state index >= 15 is 4.39 Å². The van der Waals surface area contributed by atoms with E-state index in [1.807, 2.05) is 36.7 Å². The number of methoxy groups -OCH3 is 2. The van der Waals surface area contributed by atoms with E-state index in [1.165, 1.54) is 13.2 Å². The fourth-order valence-electron chi connectivity index (χ4n) is 10.2. The van der Waals surface area contributed by atoms with E-state index in [9.17, 15) is 20.0 Å². The summed E-state index contributed by atoms with van der Waals surface area (Å²) in [6.45, 7) is 4.24. The van der Waals surface area contributed by atoms with E-state index in [4.69, 9.17) is 24.5 Å². The Morgan fingerprint density at radius 3 is 2.35 bits per heavy atom. The van der Waals surface area contributed by atoms with Crippen LogP contribution in [0.15, 0.2) is 73.6 Å². The SMILES string of the molecule is COc1ccc(CC2(O)CCN(c3ccc(-c4nc(-c5cnn([C@H]6CC[C@H](N7CCN(c8cc(OC)c(NC9CCC(=O)NC9=O)cc8F)CC7)CC6)c5)cn5ncc(C#N)c45)cn3)CC2)nc1. The van der Waals surface area contributed by atoms with Crippen molar-refractivity contribution in [1.82, 2.24) is 44.6 Å². The maximum Gasteiger partial charge on any atom is 0.249 e. The molecular formula is C49H54FN13O5. The van der Waals surface area contributed by atoms with Gasteiger partial charge in [-0.2, -0.15) is 15.5 Å². The van der Waals surface area contributed by atoms with Gasteiger partial charge in [-0.1, -0.05) is 0 Å². The number of fused-ring (bicyclic) bond motifs is 1. The van der Waals surface area contributed by atoms with Crippen LogP contribution in [-0.2, 0) is 16.0 Å². The predicted octanol–water partition coefficient (Wildman–Crippen LogP) is 5.17. The number of nitriles is 1. The molecule has 1 unspecified atom stereocenters. The largest absolute Gasteiger partial charge is 0.495 e. The molecule has 2 amide bonds. The standard InChI is InChI=1S/C49H54FN13O5/c1-67-37-9-4-34(52-28-37)23-49(66)13-15-61(16-14-49)44-11-3-31(25-53-44)46-47-32(24-51)26-55-63(47)30-41(57-46)33-27-54-62(29-33)36-7-5-35(6-8-36)59-17-19-60(20-18-59)42-22-43(68-2)40(21-38(42)50)56-39-10-12-45(64)58-48(39)65/h3-4,9,11,21-22,25-30,35-36,39,56,66H,5-8,10,12-20,23H2,1-2H3,(H,58,64,65)/t35-,36-,39?. The molecule has 1 aliphatic carbocycles. The Labute approximate surface area is 392 Å². The lowest BCUT2D eigenvalue weighted by atomic mass is 9.87. The molecule has 10 rings (SSSR count). The number of pyridine rings is 2. The van der Waals surface area contributed by atoms with Gasteiger partial charge < -0.3 is 29.7 Å². The van der Waals surface area contributed by atoms with Crippen molar-refractivity contribution in [2.45, 2.75) is 81.5 Å². The molecule has 0 radical (unpaired) electrons. The van der Waals surface area contributed by atoms with Crippen molar-refractivity contribution in [3.8, 4) is 40.1 Å². The molecule has 352 valence electrons. The fraction of sp³-hybridized carbons (Fsp3) is 0.429. The zero-order valence-electron chi connectivity index (χ0n) is 38.1. The minimum atomic E-state index is -0.854. The van der Waals surface area contributed by atoms with E-state index in [-0.39, 0.29) is 18.4 Å². The molecule has 3 N–H and O–H groups in total. The monoisotopic (exact) mass is 923 g/mol. The van der Waals surface area contributed by atoms with Gasteiger partial charge in [0.25, 0.3) is 0 Å². The highest BCUT2D eigenvalue weighted by Crippen LogP contribution is 2.37. The molecule has 4 fully saturated rings. The smallest absolute Gasteiger partial charge is 0.249 e. The molecule has 5 aromatic heterocycles. The van der Waals surface area contributed by atoms with Gasteiger partial charge in [-0.05, 0) is 69.2 Å². The van der Waals surface area contributed by atoms with Crippen LogP contribution in [0, 0.1) is 17.1 Å². The van der Waals surface area contributed by atoms with Gasteiger partial charge in [0.2, 0.25) is 11.8 Å². The molecule has 0 spiro atoms. The predicted molar refractivity (Wildman–Crippen MR) is 251 cm³/mol. The number of ether oxygens (including phenoxy) is 2. The molecule has 3 aliphatic heterocycles. The van der Waals surface area contributed by atoms with Gasteiger partial charge in [0.15, 0.2) is 0 Å². The van der Waals surface area contributed by atoms with Crippen LogP contribution in [-0.4, -0.2) is 127 Å². The summed E-state index contributed by atoms with van der Waals surface area (Å²) < 4.78 is 30.2. The van der Waals surface area contributed by atoms with Gasteiger partial charge in [-0.3, -0.25) is 29.5 Å². The lowest BCUT2D eigenvalue weighted by Crippen LogP contribution is -2.51. The Hall–Kier alpha value is -7.17. The fourth-order valence-corrected chi connectivity index (χ4v) is 10.2. The molecular weight excluding hydrogens is 870 g/mol. The number of benzene rings is 1. The Bertz CT molecular complexity index is 2840. The summed E-state index contributed by atoms with van der Waals surface area (Å²) in [5.41, 5.74) is 4.72. The summed E-state index contributed by atoms with van der Waals surface area (Å²) >= 11 is 0. The number of aromatic nitrogens is 7. The van der Waals surface area contributed by atoms with Crippen molar-refractivity contribution in [3.05, 3.63) is 90.7 Å². The Morgan fingerprint density at radius 2 is 1.66 bits per heavy atom. The van der Waals surface area contributed by atoms with E-state index in [2.05, 4.69) is 52.4 Å². The van der Waals surface area contributed by atoms with Gasteiger partial charge in [0.05, 0.1) is 73.4 Å². The van der Waals surface area contributed by atoms with Crippen molar-refractivity contribution in [3.63, 3.8) is 0 Å². The maximum absolute atomic E-state index is 15.6. The first-order valence-corrected chi connectivity index (χ1v) is 23.3. The maximum atomic E-state index is 15.6. The molecule has 1 saturated carbocycles. The number of hydrogen-bond donors (Lipinski definition) is 3. The molecule has 18 nitrogen and oxygen atoms in total. The van der Waals surface area contributed by atoms with Crippen molar-refractivity contribution in [1.29, 1.82) is 5.26 Å². The summed E-state index contributed by atoms with van der Waals surface area (Å²) in [4.78, 5) is 45.1. The normalized spacial score (nSPS) is 21.1. The van der Waals surface area contributed by atoms with E-state index in [0.717, 1.165) is 61.4 Å².